The second-order valence-electron chi connectivity index (χ2n) is 4.21. The number of aromatic nitrogens is 3. The fourth-order valence-electron chi connectivity index (χ4n) is 1.48. The fourth-order valence-corrected chi connectivity index (χ4v) is 1.48. The van der Waals surface area contributed by atoms with Crippen molar-refractivity contribution in [3.05, 3.63) is 30.6 Å². The third kappa shape index (κ3) is 3.80. The van der Waals surface area contributed by atoms with Crippen LogP contribution < -0.4 is 9.47 Å². The van der Waals surface area contributed by atoms with E-state index >= 15 is 0 Å². The van der Waals surface area contributed by atoms with Gasteiger partial charge in [-0.3, -0.25) is 0 Å². The summed E-state index contributed by atoms with van der Waals surface area (Å²) in [7, 11) is 1.45. The molecule has 2 heterocycles. The number of hydrogen-bond acceptors (Lipinski definition) is 5. The summed E-state index contributed by atoms with van der Waals surface area (Å²) in [4.78, 5) is 3.69. The van der Waals surface area contributed by atoms with Gasteiger partial charge < -0.3 is 9.47 Å². The van der Waals surface area contributed by atoms with Gasteiger partial charge in [0.1, 0.15) is 5.75 Å². The molecule has 0 aliphatic rings. The van der Waals surface area contributed by atoms with Gasteiger partial charge in [-0.1, -0.05) is 0 Å². The van der Waals surface area contributed by atoms with Gasteiger partial charge in [-0.2, -0.15) is 19.0 Å². The maximum atomic E-state index is 12.8. The summed E-state index contributed by atoms with van der Waals surface area (Å²) in [5.74, 6) is -4.01. The molecule has 0 saturated heterocycles. The third-order valence-electron chi connectivity index (χ3n) is 2.63. The van der Waals surface area contributed by atoms with E-state index in [2.05, 4.69) is 19.9 Å². The number of alkyl halides is 4. The molecule has 9 heteroatoms. The predicted molar refractivity (Wildman–Crippen MR) is 68.3 cm³/mol. The zero-order chi connectivity index (χ0) is 16.2. The zero-order valence-corrected chi connectivity index (χ0v) is 11.3. The van der Waals surface area contributed by atoms with Crippen molar-refractivity contribution in [2.24, 2.45) is 0 Å². The van der Waals surface area contributed by atoms with Crippen LogP contribution in [-0.2, 0) is 0 Å². The van der Waals surface area contributed by atoms with Gasteiger partial charge >= 0.3 is 12.3 Å². The van der Waals surface area contributed by atoms with Crippen LogP contribution in [0.1, 0.15) is 0 Å². The molecule has 2 rings (SSSR count). The van der Waals surface area contributed by atoms with Gasteiger partial charge in [0, 0.05) is 23.9 Å². The van der Waals surface area contributed by atoms with Crippen LogP contribution in [0.5, 0.6) is 11.6 Å². The molecule has 0 spiro atoms. The van der Waals surface area contributed by atoms with Crippen molar-refractivity contribution in [2.75, 3.05) is 13.7 Å². The van der Waals surface area contributed by atoms with Crippen molar-refractivity contribution in [1.29, 1.82) is 0 Å². The third-order valence-corrected chi connectivity index (χ3v) is 2.63. The summed E-state index contributed by atoms with van der Waals surface area (Å²) in [6.07, 6.45) is -1.13. The SMILES string of the molecule is COc1cnnc(-c2ccnc(OCC(F)(F)C(F)F)c2)c1. The van der Waals surface area contributed by atoms with Crippen LogP contribution in [0.2, 0.25) is 0 Å². The smallest absolute Gasteiger partial charge is 0.340 e. The molecular weight excluding hydrogens is 306 g/mol. The Morgan fingerprint density at radius 3 is 2.73 bits per heavy atom. The molecule has 118 valence electrons. The minimum Gasteiger partial charge on any atom is -0.495 e. The monoisotopic (exact) mass is 317 g/mol. The van der Waals surface area contributed by atoms with Crippen molar-refractivity contribution in [3.63, 3.8) is 0 Å². The van der Waals surface area contributed by atoms with Gasteiger partial charge in [-0.25, -0.2) is 13.8 Å². The molecule has 0 aromatic carbocycles. The lowest BCUT2D eigenvalue weighted by atomic mass is 10.2. The number of hydrogen-bond donors (Lipinski definition) is 0. The van der Waals surface area contributed by atoms with E-state index in [1.54, 1.807) is 12.1 Å². The van der Waals surface area contributed by atoms with Crippen LogP contribution in [0.25, 0.3) is 11.3 Å². The Hall–Kier alpha value is -2.45. The average Bonchev–Trinajstić information content (AvgIpc) is 2.53. The molecule has 2 aromatic heterocycles. The van der Waals surface area contributed by atoms with Gasteiger partial charge in [0.25, 0.3) is 0 Å². The van der Waals surface area contributed by atoms with Crippen LogP contribution >= 0.6 is 0 Å². The standard InChI is InChI=1S/C13H11F4N3O2/c1-21-9-5-10(20-19-6-9)8-2-3-18-11(4-8)22-7-13(16,17)12(14)15/h2-6,12H,7H2,1H3. The summed E-state index contributed by atoms with van der Waals surface area (Å²) in [6.45, 7) is -1.47. The number of ether oxygens (including phenoxy) is 2. The number of halogens is 4. The van der Waals surface area contributed by atoms with E-state index in [1.165, 1.54) is 25.6 Å². The molecule has 0 fully saturated rings. The van der Waals surface area contributed by atoms with Gasteiger partial charge in [-0.05, 0) is 6.07 Å². The van der Waals surface area contributed by atoms with Crippen LogP contribution in [0.15, 0.2) is 30.6 Å². The first kappa shape index (κ1) is 15.9. The number of methoxy groups -OCH3 is 1. The highest BCUT2D eigenvalue weighted by atomic mass is 19.3. The Labute approximate surface area is 122 Å². The van der Waals surface area contributed by atoms with Crippen molar-refractivity contribution in [3.8, 4) is 22.9 Å². The average molecular weight is 317 g/mol. The summed E-state index contributed by atoms with van der Waals surface area (Å²) < 4.78 is 59.4. The predicted octanol–water partition coefficient (Wildman–Crippen LogP) is 2.83. The van der Waals surface area contributed by atoms with Crippen LogP contribution in [-0.4, -0.2) is 41.2 Å². The minimum atomic E-state index is -4.24. The van der Waals surface area contributed by atoms with Crippen molar-refractivity contribution >= 4 is 0 Å². The topological polar surface area (TPSA) is 57.1 Å². The molecule has 0 atom stereocenters. The fraction of sp³-hybridized carbons (Fsp3) is 0.308. The largest absolute Gasteiger partial charge is 0.495 e. The molecule has 5 nitrogen and oxygen atoms in total. The van der Waals surface area contributed by atoms with E-state index in [9.17, 15) is 17.6 Å². The Balaban J connectivity index is 2.16. The second-order valence-corrected chi connectivity index (χ2v) is 4.21. The Kier molecular flexibility index (Phi) is 4.74. The molecule has 2 aromatic rings. The lowest BCUT2D eigenvalue weighted by Crippen LogP contribution is -2.33. The summed E-state index contributed by atoms with van der Waals surface area (Å²) >= 11 is 0. The van der Waals surface area contributed by atoms with Gasteiger partial charge in [-0.15, -0.1) is 0 Å². The first-order chi connectivity index (χ1) is 10.4. The normalized spacial score (nSPS) is 11.5. The maximum absolute atomic E-state index is 12.8. The summed E-state index contributed by atoms with van der Waals surface area (Å²) in [5, 5.41) is 7.57. The molecule has 0 aliphatic carbocycles. The molecule has 0 aliphatic heterocycles. The number of nitrogens with zero attached hydrogens (tertiary/aromatic N) is 3. The van der Waals surface area contributed by atoms with Crippen LogP contribution in [0, 0.1) is 0 Å². The van der Waals surface area contributed by atoms with Crippen molar-refractivity contribution < 1.29 is 27.0 Å². The van der Waals surface area contributed by atoms with Crippen molar-refractivity contribution in [2.45, 2.75) is 12.3 Å². The second kappa shape index (κ2) is 6.54. The summed E-state index contributed by atoms with van der Waals surface area (Å²) in [5.41, 5.74) is 0.865. The highest BCUT2D eigenvalue weighted by molar-refractivity contribution is 5.60. The number of rotatable bonds is 6. The van der Waals surface area contributed by atoms with E-state index in [4.69, 9.17) is 4.74 Å². The van der Waals surface area contributed by atoms with Crippen molar-refractivity contribution in [1.82, 2.24) is 15.2 Å². The van der Waals surface area contributed by atoms with Crippen LogP contribution in [0.4, 0.5) is 17.6 Å². The van der Waals surface area contributed by atoms with Gasteiger partial charge in [0.05, 0.1) is 19.0 Å². The van der Waals surface area contributed by atoms with E-state index in [0.29, 0.717) is 17.0 Å². The van der Waals surface area contributed by atoms with E-state index in [0.717, 1.165) is 0 Å². The molecule has 22 heavy (non-hydrogen) atoms. The first-order valence-corrected chi connectivity index (χ1v) is 6.04. The highest BCUT2D eigenvalue weighted by Gasteiger charge is 2.41. The molecule has 0 N–H and O–H groups in total. The molecule has 0 bridgehead atoms. The first-order valence-electron chi connectivity index (χ1n) is 6.04. The van der Waals surface area contributed by atoms with Gasteiger partial charge in [0.2, 0.25) is 5.88 Å². The molecule has 0 radical (unpaired) electrons. The van der Waals surface area contributed by atoms with E-state index in [-0.39, 0.29) is 5.88 Å². The highest BCUT2D eigenvalue weighted by Crippen LogP contribution is 2.26. The van der Waals surface area contributed by atoms with Crippen LogP contribution in [0.3, 0.4) is 0 Å². The Bertz CT molecular complexity index is 640. The summed E-state index contributed by atoms with van der Waals surface area (Å²) in [6, 6.07) is 4.41. The van der Waals surface area contributed by atoms with Gasteiger partial charge in [0.15, 0.2) is 6.61 Å². The maximum Gasteiger partial charge on any atom is 0.340 e. The molecule has 0 amide bonds. The quantitative estimate of drug-likeness (QED) is 0.767. The van der Waals surface area contributed by atoms with E-state index in [1.807, 2.05) is 0 Å². The molecule has 0 unspecified atom stereocenters. The number of pyridine rings is 1. The molecular formula is C13H11F4N3O2. The minimum absolute atomic E-state index is 0.220. The van der Waals surface area contributed by atoms with E-state index < -0.39 is 19.0 Å². The Morgan fingerprint density at radius 2 is 2.05 bits per heavy atom. The molecule has 0 saturated carbocycles. The lowest BCUT2D eigenvalue weighted by Gasteiger charge is -2.15. The Morgan fingerprint density at radius 1 is 1.27 bits per heavy atom. The lowest BCUT2D eigenvalue weighted by molar-refractivity contribution is -0.148. The zero-order valence-electron chi connectivity index (χ0n) is 11.3.